The topological polar surface area (TPSA) is 51.1 Å². The molecule has 1 saturated carbocycles. The summed E-state index contributed by atoms with van der Waals surface area (Å²) in [7, 11) is 1.66. The van der Waals surface area contributed by atoms with Gasteiger partial charge in [-0.2, -0.15) is 0 Å². The molecule has 2 rings (SSSR count). The number of carbonyl (C=O) groups excluding carboxylic acids is 1. The lowest BCUT2D eigenvalue weighted by Gasteiger charge is -2.39. The molecule has 0 unspecified atom stereocenters. The maximum absolute atomic E-state index is 11.9. The van der Waals surface area contributed by atoms with Crippen molar-refractivity contribution in [3.05, 3.63) is 34.2 Å². The van der Waals surface area contributed by atoms with E-state index in [0.717, 1.165) is 19.3 Å². The van der Waals surface area contributed by atoms with Gasteiger partial charge in [0.1, 0.15) is 0 Å². The number of nitrogens with zero attached hydrogens (tertiary/aromatic N) is 1. The SMILES string of the molecule is Cn1ccc(C(=O)NC2(C)CCC2)cc1=O. The van der Waals surface area contributed by atoms with Gasteiger partial charge < -0.3 is 9.88 Å². The fourth-order valence-electron chi connectivity index (χ4n) is 1.87. The van der Waals surface area contributed by atoms with Gasteiger partial charge in [-0.3, -0.25) is 9.59 Å². The van der Waals surface area contributed by atoms with Crippen molar-refractivity contribution in [2.45, 2.75) is 31.7 Å². The number of aryl methyl sites for hydroxylation is 1. The maximum Gasteiger partial charge on any atom is 0.251 e. The van der Waals surface area contributed by atoms with Gasteiger partial charge in [0.15, 0.2) is 0 Å². The van der Waals surface area contributed by atoms with Crippen LogP contribution in [0.1, 0.15) is 36.5 Å². The predicted molar refractivity (Wildman–Crippen MR) is 61.4 cm³/mol. The van der Waals surface area contributed by atoms with Gasteiger partial charge >= 0.3 is 0 Å². The second-order valence-corrected chi connectivity index (χ2v) is 4.73. The quantitative estimate of drug-likeness (QED) is 0.810. The van der Waals surface area contributed by atoms with E-state index >= 15 is 0 Å². The molecule has 1 aromatic rings. The molecule has 4 nitrogen and oxygen atoms in total. The Balaban J connectivity index is 2.15. The van der Waals surface area contributed by atoms with Crippen molar-refractivity contribution in [3.8, 4) is 0 Å². The number of pyridine rings is 1. The normalized spacial score (nSPS) is 17.6. The molecular formula is C12H16N2O2. The fourth-order valence-corrected chi connectivity index (χ4v) is 1.87. The Morgan fingerprint density at radius 2 is 2.19 bits per heavy atom. The van der Waals surface area contributed by atoms with E-state index in [1.54, 1.807) is 19.3 Å². The first-order valence-electron chi connectivity index (χ1n) is 5.49. The van der Waals surface area contributed by atoms with Gasteiger partial charge in [0.05, 0.1) is 0 Å². The largest absolute Gasteiger partial charge is 0.347 e. The van der Waals surface area contributed by atoms with E-state index in [-0.39, 0.29) is 17.0 Å². The Bertz CT molecular complexity index is 472. The van der Waals surface area contributed by atoms with Gasteiger partial charge in [-0.1, -0.05) is 0 Å². The van der Waals surface area contributed by atoms with E-state index in [4.69, 9.17) is 0 Å². The Kier molecular flexibility index (Phi) is 2.58. The monoisotopic (exact) mass is 220 g/mol. The van der Waals surface area contributed by atoms with E-state index in [1.807, 2.05) is 6.92 Å². The second-order valence-electron chi connectivity index (χ2n) is 4.73. The number of nitrogens with one attached hydrogen (secondary N) is 1. The minimum atomic E-state index is -0.161. The summed E-state index contributed by atoms with van der Waals surface area (Å²) in [6.07, 6.45) is 4.81. The molecule has 0 aliphatic heterocycles. The van der Waals surface area contributed by atoms with E-state index in [1.165, 1.54) is 10.6 Å². The van der Waals surface area contributed by atoms with Crippen LogP contribution in [-0.4, -0.2) is 16.0 Å². The van der Waals surface area contributed by atoms with Crippen LogP contribution in [-0.2, 0) is 7.05 Å². The number of rotatable bonds is 2. The zero-order valence-corrected chi connectivity index (χ0v) is 9.62. The molecule has 0 radical (unpaired) electrons. The van der Waals surface area contributed by atoms with Gasteiger partial charge in [-0.25, -0.2) is 0 Å². The van der Waals surface area contributed by atoms with Gasteiger partial charge in [0.2, 0.25) is 0 Å². The molecule has 0 spiro atoms. The number of carbonyl (C=O) groups is 1. The van der Waals surface area contributed by atoms with Crippen LogP contribution in [0.3, 0.4) is 0 Å². The Hall–Kier alpha value is -1.58. The van der Waals surface area contributed by atoms with Crippen LogP contribution in [0, 0.1) is 0 Å². The number of aromatic nitrogens is 1. The van der Waals surface area contributed by atoms with Crippen molar-refractivity contribution in [2.75, 3.05) is 0 Å². The molecule has 0 aromatic carbocycles. The van der Waals surface area contributed by atoms with Crippen molar-refractivity contribution in [1.82, 2.24) is 9.88 Å². The number of hydrogen-bond donors (Lipinski definition) is 1. The zero-order valence-electron chi connectivity index (χ0n) is 9.62. The average Bonchev–Trinajstić information content (AvgIpc) is 2.19. The molecule has 1 fully saturated rings. The highest BCUT2D eigenvalue weighted by molar-refractivity contribution is 5.94. The number of amides is 1. The van der Waals surface area contributed by atoms with Crippen LogP contribution < -0.4 is 10.9 Å². The molecule has 1 aliphatic carbocycles. The Labute approximate surface area is 94.3 Å². The summed E-state index contributed by atoms with van der Waals surface area (Å²) in [4.78, 5) is 23.2. The summed E-state index contributed by atoms with van der Waals surface area (Å²) in [5, 5.41) is 2.97. The lowest BCUT2D eigenvalue weighted by atomic mass is 9.78. The van der Waals surface area contributed by atoms with E-state index in [9.17, 15) is 9.59 Å². The molecule has 0 bridgehead atoms. The first-order chi connectivity index (χ1) is 7.50. The molecule has 1 heterocycles. The third-order valence-corrected chi connectivity index (χ3v) is 3.24. The maximum atomic E-state index is 11.9. The third kappa shape index (κ3) is 2.01. The highest BCUT2D eigenvalue weighted by Crippen LogP contribution is 2.31. The summed E-state index contributed by atoms with van der Waals surface area (Å²) in [5.41, 5.74) is 0.209. The van der Waals surface area contributed by atoms with Gasteiger partial charge in [-0.15, -0.1) is 0 Å². The third-order valence-electron chi connectivity index (χ3n) is 3.24. The lowest BCUT2D eigenvalue weighted by molar-refractivity contribution is 0.0850. The standard InChI is InChI=1S/C12H16N2O2/c1-12(5-3-6-12)13-11(16)9-4-7-14(2)10(15)8-9/h4,7-8H,3,5-6H2,1-2H3,(H,13,16). The summed E-state index contributed by atoms with van der Waals surface area (Å²) in [5.74, 6) is -0.153. The van der Waals surface area contributed by atoms with Crippen molar-refractivity contribution in [1.29, 1.82) is 0 Å². The van der Waals surface area contributed by atoms with Crippen LogP contribution >= 0.6 is 0 Å². The van der Waals surface area contributed by atoms with Crippen LogP contribution in [0.25, 0.3) is 0 Å². The molecule has 1 amide bonds. The summed E-state index contributed by atoms with van der Waals surface area (Å²) >= 11 is 0. The highest BCUT2D eigenvalue weighted by atomic mass is 16.2. The Morgan fingerprint density at radius 1 is 1.50 bits per heavy atom. The summed E-state index contributed by atoms with van der Waals surface area (Å²) in [6.45, 7) is 2.04. The first-order valence-corrected chi connectivity index (χ1v) is 5.49. The van der Waals surface area contributed by atoms with Crippen molar-refractivity contribution in [3.63, 3.8) is 0 Å². The molecule has 0 saturated heterocycles. The second kappa shape index (κ2) is 3.77. The first kappa shape index (κ1) is 10.9. The fraction of sp³-hybridized carbons (Fsp3) is 0.500. The van der Waals surface area contributed by atoms with Crippen LogP contribution in [0.15, 0.2) is 23.1 Å². The van der Waals surface area contributed by atoms with Crippen molar-refractivity contribution in [2.24, 2.45) is 7.05 Å². The average molecular weight is 220 g/mol. The van der Waals surface area contributed by atoms with E-state index < -0.39 is 0 Å². The molecular weight excluding hydrogens is 204 g/mol. The highest BCUT2D eigenvalue weighted by Gasteiger charge is 2.33. The van der Waals surface area contributed by atoms with Gasteiger partial charge in [0, 0.05) is 30.4 Å². The molecule has 1 N–H and O–H groups in total. The molecule has 86 valence electrons. The van der Waals surface area contributed by atoms with E-state index in [0.29, 0.717) is 5.56 Å². The summed E-state index contributed by atoms with van der Waals surface area (Å²) < 4.78 is 1.45. The Morgan fingerprint density at radius 3 is 2.69 bits per heavy atom. The molecule has 1 aromatic heterocycles. The number of hydrogen-bond acceptors (Lipinski definition) is 2. The van der Waals surface area contributed by atoms with E-state index in [2.05, 4.69) is 5.32 Å². The van der Waals surface area contributed by atoms with Crippen LogP contribution in [0.5, 0.6) is 0 Å². The minimum Gasteiger partial charge on any atom is -0.347 e. The van der Waals surface area contributed by atoms with Crippen LogP contribution in [0.2, 0.25) is 0 Å². The minimum absolute atomic E-state index is 0.0713. The summed E-state index contributed by atoms with van der Waals surface area (Å²) in [6, 6.07) is 3.04. The smallest absolute Gasteiger partial charge is 0.251 e. The predicted octanol–water partition coefficient (Wildman–Crippen LogP) is 1.06. The van der Waals surface area contributed by atoms with Crippen molar-refractivity contribution < 1.29 is 4.79 Å². The van der Waals surface area contributed by atoms with Crippen LogP contribution in [0.4, 0.5) is 0 Å². The van der Waals surface area contributed by atoms with Crippen molar-refractivity contribution >= 4 is 5.91 Å². The molecule has 4 heteroatoms. The zero-order chi connectivity index (χ0) is 11.8. The molecule has 1 aliphatic rings. The van der Waals surface area contributed by atoms with Gasteiger partial charge in [0.25, 0.3) is 11.5 Å². The van der Waals surface area contributed by atoms with Gasteiger partial charge in [-0.05, 0) is 32.3 Å². The molecule has 0 atom stereocenters. The lowest BCUT2D eigenvalue weighted by Crippen LogP contribution is -2.51. The molecule has 16 heavy (non-hydrogen) atoms.